The van der Waals surface area contributed by atoms with Crippen molar-refractivity contribution in [1.82, 2.24) is 20.8 Å². The lowest BCUT2D eigenvalue weighted by Crippen LogP contribution is -2.44. The minimum absolute atomic E-state index is 0.147. The van der Waals surface area contributed by atoms with Crippen molar-refractivity contribution in [2.75, 3.05) is 12.3 Å². The predicted molar refractivity (Wildman–Crippen MR) is 59.9 cm³/mol. The van der Waals surface area contributed by atoms with Crippen LogP contribution in [0.25, 0.3) is 0 Å². The molecule has 1 atom stereocenters. The molecule has 1 rings (SSSR count). The van der Waals surface area contributed by atoms with Gasteiger partial charge in [0.2, 0.25) is 16.0 Å². The Balaban J connectivity index is 2.54. The number of rotatable bonds is 4. The van der Waals surface area contributed by atoms with E-state index in [1.54, 1.807) is 13.8 Å². The van der Waals surface area contributed by atoms with Crippen LogP contribution in [0.15, 0.2) is 0 Å². The predicted octanol–water partition coefficient (Wildman–Crippen LogP) is -0.625. The van der Waals surface area contributed by atoms with Gasteiger partial charge in [0.25, 0.3) is 5.91 Å². The summed E-state index contributed by atoms with van der Waals surface area (Å²) in [7, 11) is 0. The highest BCUT2D eigenvalue weighted by Gasteiger charge is 2.18. The number of nitrogens with one attached hydrogen (secondary N) is 2. The van der Waals surface area contributed by atoms with Crippen molar-refractivity contribution in [2.45, 2.75) is 19.9 Å². The van der Waals surface area contributed by atoms with Crippen LogP contribution in [0.5, 0.6) is 0 Å². The molecule has 1 aromatic heterocycles. The van der Waals surface area contributed by atoms with Crippen LogP contribution in [0, 0.1) is 0 Å². The highest BCUT2D eigenvalue weighted by Crippen LogP contribution is 2.10. The summed E-state index contributed by atoms with van der Waals surface area (Å²) in [6, 6.07) is -0.613. The number of nitrogens with zero attached hydrogens (tertiary/aromatic N) is 2. The molecular formula is C8H13N5O2S. The fourth-order valence-electron chi connectivity index (χ4n) is 0.978. The summed E-state index contributed by atoms with van der Waals surface area (Å²) in [4.78, 5) is 22.9. The van der Waals surface area contributed by atoms with Gasteiger partial charge in [-0.25, -0.2) is 0 Å². The third kappa shape index (κ3) is 3.16. The van der Waals surface area contributed by atoms with Gasteiger partial charge in [-0.1, -0.05) is 11.3 Å². The van der Waals surface area contributed by atoms with Gasteiger partial charge < -0.3 is 16.4 Å². The molecule has 2 amide bonds. The number of amides is 2. The molecule has 0 spiro atoms. The third-order valence-electron chi connectivity index (χ3n) is 1.73. The Morgan fingerprint density at radius 2 is 2.19 bits per heavy atom. The molecule has 1 unspecified atom stereocenters. The van der Waals surface area contributed by atoms with E-state index in [9.17, 15) is 9.59 Å². The lowest BCUT2D eigenvalue weighted by Gasteiger charge is -2.11. The van der Waals surface area contributed by atoms with Crippen LogP contribution in [0.4, 0.5) is 5.13 Å². The van der Waals surface area contributed by atoms with Crippen molar-refractivity contribution in [3.8, 4) is 0 Å². The molecule has 0 aromatic carbocycles. The van der Waals surface area contributed by atoms with Gasteiger partial charge in [-0.05, 0) is 13.8 Å². The van der Waals surface area contributed by atoms with E-state index in [1.165, 1.54) is 0 Å². The Morgan fingerprint density at radius 3 is 2.69 bits per heavy atom. The highest BCUT2D eigenvalue weighted by atomic mass is 32.1. The lowest BCUT2D eigenvalue weighted by molar-refractivity contribution is -0.122. The van der Waals surface area contributed by atoms with Crippen LogP contribution in [-0.2, 0) is 4.79 Å². The zero-order valence-electron chi connectivity index (χ0n) is 8.98. The van der Waals surface area contributed by atoms with Crippen LogP contribution in [0.2, 0.25) is 0 Å². The maximum Gasteiger partial charge on any atom is 0.282 e. The largest absolute Gasteiger partial charge is 0.374 e. The molecule has 0 aliphatic carbocycles. The summed E-state index contributed by atoms with van der Waals surface area (Å²) in [6.07, 6.45) is 0. The number of hydrogen-bond acceptors (Lipinski definition) is 6. The Morgan fingerprint density at radius 1 is 1.50 bits per heavy atom. The van der Waals surface area contributed by atoms with Gasteiger partial charge in [-0.3, -0.25) is 9.59 Å². The number of aromatic nitrogens is 2. The summed E-state index contributed by atoms with van der Waals surface area (Å²) in [5, 5.41) is 12.5. The van der Waals surface area contributed by atoms with Crippen LogP contribution in [-0.4, -0.2) is 34.6 Å². The summed E-state index contributed by atoms with van der Waals surface area (Å²) in [5.74, 6) is -0.693. The van der Waals surface area contributed by atoms with Gasteiger partial charge in [-0.15, -0.1) is 10.2 Å². The van der Waals surface area contributed by atoms with E-state index >= 15 is 0 Å². The van der Waals surface area contributed by atoms with E-state index in [1.807, 2.05) is 0 Å². The zero-order valence-corrected chi connectivity index (χ0v) is 9.80. The van der Waals surface area contributed by atoms with E-state index in [-0.39, 0.29) is 16.0 Å². The molecule has 0 fully saturated rings. The fraction of sp³-hybridized carbons (Fsp3) is 0.500. The molecule has 16 heavy (non-hydrogen) atoms. The second-order valence-corrected chi connectivity index (χ2v) is 4.04. The number of likely N-dealkylation sites (N-methyl/N-ethyl adjacent to an activating group) is 1. The molecule has 88 valence electrons. The molecule has 1 aromatic rings. The van der Waals surface area contributed by atoms with E-state index < -0.39 is 11.9 Å². The van der Waals surface area contributed by atoms with Crippen molar-refractivity contribution in [3.05, 3.63) is 5.01 Å². The van der Waals surface area contributed by atoms with Crippen molar-refractivity contribution in [3.63, 3.8) is 0 Å². The third-order valence-corrected chi connectivity index (χ3v) is 2.48. The van der Waals surface area contributed by atoms with Gasteiger partial charge in [0.1, 0.15) is 6.04 Å². The Bertz CT molecular complexity index is 392. The number of nitrogen functional groups attached to an aromatic ring is 1. The quantitative estimate of drug-likeness (QED) is 0.652. The van der Waals surface area contributed by atoms with Gasteiger partial charge in [-0.2, -0.15) is 0 Å². The van der Waals surface area contributed by atoms with Crippen molar-refractivity contribution in [1.29, 1.82) is 0 Å². The van der Waals surface area contributed by atoms with Crippen LogP contribution < -0.4 is 16.4 Å². The first kappa shape index (κ1) is 12.4. The van der Waals surface area contributed by atoms with Crippen molar-refractivity contribution >= 4 is 28.3 Å². The van der Waals surface area contributed by atoms with Gasteiger partial charge in [0, 0.05) is 6.54 Å². The monoisotopic (exact) mass is 243 g/mol. The average Bonchev–Trinajstić information content (AvgIpc) is 2.65. The second kappa shape index (κ2) is 5.40. The summed E-state index contributed by atoms with van der Waals surface area (Å²) < 4.78 is 0. The molecule has 0 saturated heterocycles. The average molecular weight is 243 g/mol. The standard InChI is InChI=1S/C8H13N5O2S/c1-3-10-5(14)4(2)11-6(15)7-12-13-8(9)16-7/h4H,3H2,1-2H3,(H2,9,13)(H,10,14)(H,11,15). The Hall–Kier alpha value is -1.70. The number of anilines is 1. The molecule has 0 aliphatic heterocycles. The molecule has 0 saturated carbocycles. The van der Waals surface area contributed by atoms with Gasteiger partial charge in [0.15, 0.2) is 0 Å². The first-order chi connectivity index (χ1) is 7.54. The minimum atomic E-state index is -0.613. The van der Waals surface area contributed by atoms with Gasteiger partial charge in [0.05, 0.1) is 0 Å². The molecule has 0 bridgehead atoms. The summed E-state index contributed by atoms with van der Waals surface area (Å²) in [6.45, 7) is 3.91. The second-order valence-electron chi connectivity index (χ2n) is 3.04. The SMILES string of the molecule is CCNC(=O)C(C)NC(=O)c1nnc(N)s1. The van der Waals surface area contributed by atoms with E-state index in [0.717, 1.165) is 11.3 Å². The molecule has 0 radical (unpaired) electrons. The number of hydrogen-bond donors (Lipinski definition) is 3. The summed E-state index contributed by atoms with van der Waals surface area (Å²) >= 11 is 0.975. The first-order valence-corrected chi connectivity index (χ1v) is 5.53. The molecule has 7 nitrogen and oxygen atoms in total. The Kier molecular flexibility index (Phi) is 4.18. The fourth-order valence-corrected chi connectivity index (χ4v) is 1.49. The number of nitrogens with two attached hydrogens (primary N) is 1. The molecule has 1 heterocycles. The van der Waals surface area contributed by atoms with E-state index in [2.05, 4.69) is 20.8 Å². The zero-order chi connectivity index (χ0) is 12.1. The number of carbonyl (C=O) groups excluding carboxylic acids is 2. The normalized spacial score (nSPS) is 11.9. The number of carbonyl (C=O) groups is 2. The molecular weight excluding hydrogens is 230 g/mol. The maximum absolute atomic E-state index is 11.5. The topological polar surface area (TPSA) is 110 Å². The Labute approximate surface area is 96.4 Å². The van der Waals surface area contributed by atoms with Crippen molar-refractivity contribution < 1.29 is 9.59 Å². The van der Waals surface area contributed by atoms with E-state index in [4.69, 9.17) is 5.73 Å². The van der Waals surface area contributed by atoms with Crippen molar-refractivity contribution in [2.24, 2.45) is 0 Å². The molecule has 8 heteroatoms. The maximum atomic E-state index is 11.5. The highest BCUT2D eigenvalue weighted by molar-refractivity contribution is 7.16. The van der Waals surface area contributed by atoms with E-state index in [0.29, 0.717) is 6.54 Å². The molecule has 0 aliphatic rings. The first-order valence-electron chi connectivity index (χ1n) is 4.72. The van der Waals surface area contributed by atoms with Crippen LogP contribution in [0.3, 0.4) is 0 Å². The lowest BCUT2D eigenvalue weighted by atomic mass is 10.3. The molecule has 4 N–H and O–H groups in total. The van der Waals surface area contributed by atoms with Crippen LogP contribution in [0.1, 0.15) is 23.6 Å². The van der Waals surface area contributed by atoms with Gasteiger partial charge >= 0.3 is 0 Å². The minimum Gasteiger partial charge on any atom is -0.374 e. The summed E-state index contributed by atoms with van der Waals surface area (Å²) in [5.41, 5.74) is 5.34. The smallest absolute Gasteiger partial charge is 0.282 e. The van der Waals surface area contributed by atoms with Crippen LogP contribution >= 0.6 is 11.3 Å².